The Balaban J connectivity index is 0. The fourth-order valence-corrected chi connectivity index (χ4v) is 0. The monoisotopic (exact) mass is 118 g/mol. The molecule has 2 heteroatoms. The lowest BCUT2D eigenvalue weighted by Gasteiger charge is -1.70. The lowest BCUT2D eigenvalue weighted by molar-refractivity contribution is 0.932. The average molecular weight is 118 g/mol. The van der Waals surface area contributed by atoms with Crippen LogP contribution in [0.4, 0.5) is 0 Å². The zero-order chi connectivity index (χ0) is 6.83. The quantitative estimate of drug-likeness (QED) is 0.561. The van der Waals surface area contributed by atoms with Crippen molar-refractivity contribution in [3.8, 4) is 0 Å². The molecule has 0 aromatic heterocycles. The molecular formula is C6H18N2. The molecule has 8 heavy (non-hydrogen) atoms. The maximum Gasteiger partial charge on any atom is -0.00799 e. The smallest absolute Gasteiger partial charge is 0.00799 e. The number of hydrogen-bond donors (Lipinski definition) is 2. The Morgan fingerprint density at radius 3 is 1.00 bits per heavy atom. The van der Waals surface area contributed by atoms with E-state index in [-0.39, 0.29) is 0 Å². The molecule has 0 heterocycles. The number of hydrogen-bond acceptors (Lipinski definition) is 2. The lowest BCUT2D eigenvalue weighted by atomic mass is 10.5. The molecule has 0 aromatic rings. The van der Waals surface area contributed by atoms with Crippen LogP contribution in [0.25, 0.3) is 0 Å². The summed E-state index contributed by atoms with van der Waals surface area (Å²) < 4.78 is 0. The highest BCUT2D eigenvalue weighted by Crippen LogP contribution is 1.57. The SMILES string of the molecule is CCCN.CCCN. The third-order valence-electron chi connectivity index (χ3n) is 0.577. The van der Waals surface area contributed by atoms with E-state index in [0.29, 0.717) is 0 Å². The van der Waals surface area contributed by atoms with Crippen LogP contribution in [-0.2, 0) is 0 Å². The molecule has 0 aliphatic carbocycles. The number of rotatable bonds is 2. The normalized spacial score (nSPS) is 7.50. The Kier molecular flexibility index (Phi) is 21.3. The molecule has 0 spiro atoms. The van der Waals surface area contributed by atoms with Gasteiger partial charge in [-0.3, -0.25) is 0 Å². The standard InChI is InChI=1S/2C3H9N/c2*1-2-3-4/h2*2-4H2,1H3. The van der Waals surface area contributed by atoms with Gasteiger partial charge < -0.3 is 11.5 Å². The van der Waals surface area contributed by atoms with Crippen LogP contribution in [0.3, 0.4) is 0 Å². The van der Waals surface area contributed by atoms with Crippen LogP contribution < -0.4 is 11.5 Å². The van der Waals surface area contributed by atoms with Crippen molar-refractivity contribution in [2.45, 2.75) is 26.7 Å². The molecule has 0 saturated carbocycles. The van der Waals surface area contributed by atoms with Gasteiger partial charge in [0.25, 0.3) is 0 Å². The topological polar surface area (TPSA) is 52.0 Å². The highest BCUT2D eigenvalue weighted by molar-refractivity contribution is 4.19. The van der Waals surface area contributed by atoms with Gasteiger partial charge in [-0.05, 0) is 25.9 Å². The first-order valence-corrected chi connectivity index (χ1v) is 3.23. The molecular weight excluding hydrogens is 100 g/mol. The summed E-state index contributed by atoms with van der Waals surface area (Å²) in [6, 6.07) is 0. The van der Waals surface area contributed by atoms with Gasteiger partial charge >= 0.3 is 0 Å². The van der Waals surface area contributed by atoms with Crippen LogP contribution in [0.1, 0.15) is 26.7 Å². The summed E-state index contributed by atoms with van der Waals surface area (Å²) in [7, 11) is 0. The first kappa shape index (κ1) is 10.8. The maximum absolute atomic E-state index is 5.03. The Morgan fingerprint density at radius 1 is 0.875 bits per heavy atom. The minimum Gasteiger partial charge on any atom is -0.330 e. The molecule has 4 N–H and O–H groups in total. The Bertz CT molecular complexity index is 14.5. The summed E-state index contributed by atoms with van der Waals surface area (Å²) in [5, 5.41) is 0. The summed E-state index contributed by atoms with van der Waals surface area (Å²) in [5.41, 5.74) is 10.1. The Morgan fingerprint density at radius 2 is 1.00 bits per heavy atom. The van der Waals surface area contributed by atoms with E-state index in [2.05, 4.69) is 13.8 Å². The molecule has 0 radical (unpaired) electrons. The van der Waals surface area contributed by atoms with Crippen molar-refractivity contribution >= 4 is 0 Å². The molecule has 52 valence electrons. The molecule has 0 aliphatic rings. The molecule has 0 bridgehead atoms. The highest BCUT2D eigenvalue weighted by Gasteiger charge is 1.55. The molecule has 0 amide bonds. The van der Waals surface area contributed by atoms with Crippen LogP contribution in [0.5, 0.6) is 0 Å². The summed E-state index contributed by atoms with van der Waals surface area (Å²) >= 11 is 0. The maximum atomic E-state index is 5.03. The number of nitrogens with two attached hydrogens (primary N) is 2. The second kappa shape index (κ2) is 15.8. The zero-order valence-corrected chi connectivity index (χ0v) is 5.98. The first-order valence-electron chi connectivity index (χ1n) is 3.23. The van der Waals surface area contributed by atoms with Gasteiger partial charge in [-0.1, -0.05) is 13.8 Å². The van der Waals surface area contributed by atoms with Crippen LogP contribution in [0, 0.1) is 0 Å². The van der Waals surface area contributed by atoms with Crippen molar-refractivity contribution < 1.29 is 0 Å². The summed E-state index contributed by atoms with van der Waals surface area (Å²) in [5.74, 6) is 0. The van der Waals surface area contributed by atoms with Crippen LogP contribution in [-0.4, -0.2) is 13.1 Å². The fourth-order valence-electron chi connectivity index (χ4n) is 0. The van der Waals surface area contributed by atoms with Gasteiger partial charge in [-0.2, -0.15) is 0 Å². The van der Waals surface area contributed by atoms with E-state index in [4.69, 9.17) is 11.5 Å². The average Bonchev–Trinajstić information content (AvgIpc) is 1.88. The summed E-state index contributed by atoms with van der Waals surface area (Å²) in [6.07, 6.45) is 2.19. The van der Waals surface area contributed by atoms with E-state index in [0.717, 1.165) is 25.9 Å². The predicted octanol–water partition coefficient (Wildman–Crippen LogP) is 0.710. The van der Waals surface area contributed by atoms with Gasteiger partial charge in [-0.15, -0.1) is 0 Å². The Hall–Kier alpha value is -0.0800. The minimum atomic E-state index is 0.819. The third-order valence-corrected chi connectivity index (χ3v) is 0.577. The van der Waals surface area contributed by atoms with Crippen molar-refractivity contribution in [1.29, 1.82) is 0 Å². The molecule has 0 atom stereocenters. The van der Waals surface area contributed by atoms with Crippen molar-refractivity contribution in [3.63, 3.8) is 0 Å². The van der Waals surface area contributed by atoms with Crippen molar-refractivity contribution in [2.24, 2.45) is 11.5 Å². The fraction of sp³-hybridized carbons (Fsp3) is 1.00. The van der Waals surface area contributed by atoms with Gasteiger partial charge in [0, 0.05) is 0 Å². The van der Waals surface area contributed by atoms with Crippen LogP contribution in [0.2, 0.25) is 0 Å². The second-order valence-electron chi connectivity index (χ2n) is 1.58. The van der Waals surface area contributed by atoms with Gasteiger partial charge in [0.2, 0.25) is 0 Å². The van der Waals surface area contributed by atoms with E-state index in [1.165, 1.54) is 0 Å². The van der Waals surface area contributed by atoms with Gasteiger partial charge in [0.1, 0.15) is 0 Å². The molecule has 0 unspecified atom stereocenters. The molecule has 0 fully saturated rings. The highest BCUT2D eigenvalue weighted by atomic mass is 14.5. The molecule has 0 rings (SSSR count). The minimum absolute atomic E-state index is 0.819. The first-order chi connectivity index (χ1) is 3.83. The van der Waals surface area contributed by atoms with Gasteiger partial charge in [0.15, 0.2) is 0 Å². The predicted molar refractivity (Wildman–Crippen MR) is 38.7 cm³/mol. The van der Waals surface area contributed by atoms with E-state index < -0.39 is 0 Å². The second-order valence-corrected chi connectivity index (χ2v) is 1.58. The van der Waals surface area contributed by atoms with Gasteiger partial charge in [0.05, 0.1) is 0 Å². The van der Waals surface area contributed by atoms with Crippen LogP contribution >= 0.6 is 0 Å². The van der Waals surface area contributed by atoms with E-state index in [1.807, 2.05) is 0 Å². The molecule has 0 saturated heterocycles. The molecule has 2 nitrogen and oxygen atoms in total. The Labute approximate surface area is 52.2 Å². The van der Waals surface area contributed by atoms with Crippen LogP contribution in [0.15, 0.2) is 0 Å². The van der Waals surface area contributed by atoms with E-state index in [1.54, 1.807) is 0 Å². The van der Waals surface area contributed by atoms with E-state index in [9.17, 15) is 0 Å². The van der Waals surface area contributed by atoms with Gasteiger partial charge in [-0.25, -0.2) is 0 Å². The van der Waals surface area contributed by atoms with E-state index >= 15 is 0 Å². The largest absolute Gasteiger partial charge is 0.330 e. The van der Waals surface area contributed by atoms with Crippen molar-refractivity contribution in [1.82, 2.24) is 0 Å². The van der Waals surface area contributed by atoms with Crippen molar-refractivity contribution in [2.75, 3.05) is 13.1 Å². The summed E-state index contributed by atoms with van der Waals surface area (Å²) in [6.45, 7) is 5.75. The third kappa shape index (κ3) is 38.9. The molecule has 0 aromatic carbocycles. The molecule has 0 aliphatic heterocycles. The summed E-state index contributed by atoms with van der Waals surface area (Å²) in [4.78, 5) is 0. The lowest BCUT2D eigenvalue weighted by Crippen LogP contribution is -1.93. The van der Waals surface area contributed by atoms with Crippen molar-refractivity contribution in [3.05, 3.63) is 0 Å². The zero-order valence-electron chi connectivity index (χ0n) is 5.98.